The maximum atomic E-state index is 12.2. The topological polar surface area (TPSA) is 67.4 Å². The molecule has 0 atom stereocenters. The first kappa shape index (κ1) is 21.8. The van der Waals surface area contributed by atoms with Crippen LogP contribution in [0.2, 0.25) is 10.0 Å². The van der Waals surface area contributed by atoms with Crippen molar-refractivity contribution in [2.75, 3.05) is 6.61 Å². The fourth-order valence-electron chi connectivity index (χ4n) is 2.49. The van der Waals surface area contributed by atoms with E-state index in [1.54, 1.807) is 19.1 Å². The van der Waals surface area contributed by atoms with E-state index in [1.165, 1.54) is 6.07 Å². The zero-order chi connectivity index (χ0) is 20.5. The van der Waals surface area contributed by atoms with Gasteiger partial charge < -0.3 is 4.74 Å². The summed E-state index contributed by atoms with van der Waals surface area (Å²) in [5, 5.41) is 0.728. The van der Waals surface area contributed by atoms with Gasteiger partial charge in [-0.1, -0.05) is 54.0 Å². The minimum absolute atomic E-state index is 0.173. The Kier molecular flexibility index (Phi) is 8.36. The number of hydrazine groups is 1. The molecule has 0 aromatic heterocycles. The van der Waals surface area contributed by atoms with Crippen molar-refractivity contribution in [2.45, 2.75) is 26.2 Å². The first-order valence-electron chi connectivity index (χ1n) is 8.86. The summed E-state index contributed by atoms with van der Waals surface area (Å²) in [4.78, 5) is 23.6. The third-order valence-corrected chi connectivity index (χ3v) is 4.50. The fraction of sp³-hybridized carbons (Fsp3) is 0.238. The Balaban J connectivity index is 1.84. The number of hydrogen-bond donors (Lipinski definition) is 2. The molecule has 7 heteroatoms. The van der Waals surface area contributed by atoms with Gasteiger partial charge in [0.2, 0.25) is 0 Å². The lowest BCUT2D eigenvalue weighted by atomic mass is 10.1. The molecule has 2 aromatic carbocycles. The van der Waals surface area contributed by atoms with E-state index < -0.39 is 5.91 Å². The van der Waals surface area contributed by atoms with Crippen LogP contribution < -0.4 is 10.9 Å². The van der Waals surface area contributed by atoms with Gasteiger partial charge in [0.1, 0.15) is 0 Å². The van der Waals surface area contributed by atoms with Crippen LogP contribution in [0.1, 0.15) is 41.3 Å². The molecule has 0 heterocycles. The molecule has 2 aromatic rings. The van der Waals surface area contributed by atoms with E-state index in [0.29, 0.717) is 29.3 Å². The molecule has 1 amide bonds. The van der Waals surface area contributed by atoms with Gasteiger partial charge in [-0.15, -0.1) is 0 Å². The van der Waals surface area contributed by atoms with Crippen LogP contribution in [0.25, 0.3) is 5.70 Å². The Bertz CT molecular complexity index is 851. The summed E-state index contributed by atoms with van der Waals surface area (Å²) < 4.78 is 4.91. The Morgan fingerprint density at radius 2 is 1.79 bits per heavy atom. The van der Waals surface area contributed by atoms with Crippen molar-refractivity contribution in [1.82, 2.24) is 10.9 Å². The van der Waals surface area contributed by atoms with Gasteiger partial charge in [-0.3, -0.25) is 20.4 Å². The molecule has 2 rings (SSSR count). The number of carbonyl (C=O) groups is 2. The SMILES string of the molecule is C=C(NNC(=O)c1ccc(Cl)cc1Cl)c1ccc(CCCC(=O)OCC)cc1. The minimum atomic E-state index is -0.390. The molecular weight excluding hydrogens is 399 g/mol. The van der Waals surface area contributed by atoms with Gasteiger partial charge in [-0.05, 0) is 49.1 Å². The minimum Gasteiger partial charge on any atom is -0.466 e. The van der Waals surface area contributed by atoms with Crippen molar-refractivity contribution in [3.8, 4) is 0 Å². The molecule has 0 radical (unpaired) electrons. The average Bonchev–Trinajstić information content (AvgIpc) is 2.66. The largest absolute Gasteiger partial charge is 0.466 e. The van der Waals surface area contributed by atoms with E-state index in [0.717, 1.165) is 24.0 Å². The van der Waals surface area contributed by atoms with Crippen LogP contribution in [0, 0.1) is 0 Å². The van der Waals surface area contributed by atoms with Crippen molar-refractivity contribution in [3.63, 3.8) is 0 Å². The molecule has 0 aliphatic carbocycles. The highest BCUT2D eigenvalue weighted by Gasteiger charge is 2.11. The smallest absolute Gasteiger partial charge is 0.305 e. The van der Waals surface area contributed by atoms with Crippen molar-refractivity contribution in [3.05, 3.63) is 75.8 Å². The number of ether oxygens (including phenoxy) is 1. The summed E-state index contributed by atoms with van der Waals surface area (Å²) >= 11 is 11.9. The molecule has 0 bridgehead atoms. The number of nitrogens with one attached hydrogen (secondary N) is 2. The summed E-state index contributed by atoms with van der Waals surface area (Å²) in [7, 11) is 0. The predicted molar refractivity (Wildman–Crippen MR) is 112 cm³/mol. The Hall–Kier alpha value is -2.50. The summed E-state index contributed by atoms with van der Waals surface area (Å²) in [6.07, 6.45) is 1.92. The molecule has 5 nitrogen and oxygen atoms in total. The first-order valence-corrected chi connectivity index (χ1v) is 9.61. The summed E-state index contributed by atoms with van der Waals surface area (Å²) in [5.41, 5.74) is 8.13. The number of carbonyl (C=O) groups excluding carboxylic acids is 2. The molecular formula is C21H22Cl2N2O3. The third-order valence-electron chi connectivity index (χ3n) is 3.96. The van der Waals surface area contributed by atoms with E-state index >= 15 is 0 Å². The molecule has 2 N–H and O–H groups in total. The standard InChI is InChI=1S/C21H22Cl2N2O3/c1-3-28-20(26)6-4-5-15-7-9-16(10-8-15)14(2)24-25-21(27)18-12-11-17(22)13-19(18)23/h7-13,24H,2-6H2,1H3,(H,25,27). The number of benzene rings is 2. The predicted octanol–water partition coefficient (Wildman–Crippen LogP) is 4.78. The molecule has 0 saturated heterocycles. The molecule has 148 valence electrons. The molecule has 28 heavy (non-hydrogen) atoms. The second kappa shape index (κ2) is 10.7. The van der Waals surface area contributed by atoms with Crippen LogP contribution >= 0.6 is 23.2 Å². The quantitative estimate of drug-likeness (QED) is 0.452. The van der Waals surface area contributed by atoms with Crippen molar-refractivity contribution < 1.29 is 14.3 Å². The number of rotatable bonds is 9. The maximum Gasteiger partial charge on any atom is 0.305 e. The third kappa shape index (κ3) is 6.59. The molecule has 0 spiro atoms. The number of aryl methyl sites for hydroxylation is 1. The highest BCUT2D eigenvalue weighted by molar-refractivity contribution is 6.36. The lowest BCUT2D eigenvalue weighted by Crippen LogP contribution is -2.36. The van der Waals surface area contributed by atoms with E-state index in [9.17, 15) is 9.59 Å². The monoisotopic (exact) mass is 420 g/mol. The molecule has 0 fully saturated rings. The number of hydrogen-bond acceptors (Lipinski definition) is 4. The molecule has 0 aliphatic rings. The molecule has 0 saturated carbocycles. The van der Waals surface area contributed by atoms with Crippen LogP contribution in [0.3, 0.4) is 0 Å². The van der Waals surface area contributed by atoms with Gasteiger partial charge in [0.25, 0.3) is 5.91 Å². The number of halogens is 2. The van der Waals surface area contributed by atoms with Crippen LogP contribution in [0.4, 0.5) is 0 Å². The summed E-state index contributed by atoms with van der Waals surface area (Å²) in [5.74, 6) is -0.563. The van der Waals surface area contributed by atoms with Gasteiger partial charge in [0.05, 0.1) is 22.9 Å². The van der Waals surface area contributed by atoms with Gasteiger partial charge in [-0.2, -0.15) is 0 Å². The summed E-state index contributed by atoms with van der Waals surface area (Å²) in [6.45, 7) is 6.12. The van der Waals surface area contributed by atoms with Crippen molar-refractivity contribution in [1.29, 1.82) is 0 Å². The average molecular weight is 421 g/mol. The van der Waals surface area contributed by atoms with Gasteiger partial charge in [0, 0.05) is 11.4 Å². The second-order valence-electron chi connectivity index (χ2n) is 6.04. The number of esters is 1. The van der Waals surface area contributed by atoms with Crippen LogP contribution in [-0.2, 0) is 16.0 Å². The van der Waals surface area contributed by atoms with Crippen molar-refractivity contribution >= 4 is 40.8 Å². The first-order chi connectivity index (χ1) is 13.4. The Morgan fingerprint density at radius 1 is 1.07 bits per heavy atom. The van der Waals surface area contributed by atoms with Gasteiger partial charge in [-0.25, -0.2) is 0 Å². The highest BCUT2D eigenvalue weighted by atomic mass is 35.5. The van der Waals surface area contributed by atoms with Crippen LogP contribution in [0.15, 0.2) is 49.0 Å². The van der Waals surface area contributed by atoms with Crippen LogP contribution in [-0.4, -0.2) is 18.5 Å². The van der Waals surface area contributed by atoms with E-state index in [1.807, 2.05) is 24.3 Å². The fourth-order valence-corrected chi connectivity index (χ4v) is 2.98. The molecule has 0 unspecified atom stereocenters. The zero-order valence-electron chi connectivity index (χ0n) is 15.6. The lowest BCUT2D eigenvalue weighted by molar-refractivity contribution is -0.143. The van der Waals surface area contributed by atoms with E-state index in [-0.39, 0.29) is 11.0 Å². The second-order valence-corrected chi connectivity index (χ2v) is 6.88. The normalized spacial score (nSPS) is 10.2. The van der Waals surface area contributed by atoms with E-state index in [2.05, 4.69) is 17.4 Å². The van der Waals surface area contributed by atoms with Crippen LogP contribution in [0.5, 0.6) is 0 Å². The summed E-state index contributed by atoms with van der Waals surface area (Å²) in [6, 6.07) is 12.4. The highest BCUT2D eigenvalue weighted by Crippen LogP contribution is 2.21. The zero-order valence-corrected chi connectivity index (χ0v) is 17.1. The molecule has 0 aliphatic heterocycles. The maximum absolute atomic E-state index is 12.2. The van der Waals surface area contributed by atoms with Gasteiger partial charge in [0.15, 0.2) is 0 Å². The Morgan fingerprint density at radius 3 is 2.43 bits per heavy atom. The number of amides is 1. The van der Waals surface area contributed by atoms with Crippen molar-refractivity contribution in [2.24, 2.45) is 0 Å². The van der Waals surface area contributed by atoms with E-state index in [4.69, 9.17) is 27.9 Å². The Labute approximate surface area is 174 Å². The lowest BCUT2D eigenvalue weighted by Gasteiger charge is -2.12. The van der Waals surface area contributed by atoms with Gasteiger partial charge >= 0.3 is 5.97 Å².